The summed E-state index contributed by atoms with van der Waals surface area (Å²) < 4.78 is 24.5. The van der Waals surface area contributed by atoms with Crippen molar-refractivity contribution in [1.29, 1.82) is 0 Å². The van der Waals surface area contributed by atoms with Crippen molar-refractivity contribution in [3.05, 3.63) is 18.5 Å². The number of nitrogens with one attached hydrogen (secondary N) is 1. The van der Waals surface area contributed by atoms with Crippen molar-refractivity contribution in [2.75, 3.05) is 5.32 Å². The highest BCUT2D eigenvalue weighted by molar-refractivity contribution is 9.10. The number of halogens is 3. The van der Waals surface area contributed by atoms with Gasteiger partial charge in [-0.3, -0.25) is 10.1 Å². The van der Waals surface area contributed by atoms with E-state index in [1.807, 2.05) is 21.2 Å². The zero-order valence-electron chi connectivity index (χ0n) is 6.17. The molecule has 1 aromatic rings. The van der Waals surface area contributed by atoms with Crippen LogP contribution in [0.5, 0.6) is 0 Å². The van der Waals surface area contributed by atoms with Gasteiger partial charge in [0.15, 0.2) is 0 Å². The number of carbonyl (C=O) groups excluding carboxylic acids is 1. The minimum atomic E-state index is -3.60. The van der Waals surface area contributed by atoms with Gasteiger partial charge in [0.2, 0.25) is 5.95 Å². The summed E-state index contributed by atoms with van der Waals surface area (Å²) in [7, 11) is 0. The average molecular weight is 252 g/mol. The number of hydrogen-bond acceptors (Lipinski definition) is 3. The molecule has 0 spiro atoms. The first-order chi connectivity index (χ1) is 6.00. The minimum absolute atomic E-state index is 0.161. The van der Waals surface area contributed by atoms with Gasteiger partial charge < -0.3 is 0 Å². The monoisotopic (exact) mass is 251 g/mol. The lowest BCUT2D eigenvalue weighted by Gasteiger charge is -2.06. The lowest BCUT2D eigenvalue weighted by Crippen LogP contribution is -2.29. The number of anilines is 1. The molecule has 1 amide bonds. The van der Waals surface area contributed by atoms with E-state index in [2.05, 4.69) is 9.97 Å². The number of aromatic nitrogens is 2. The second-order valence-corrected chi connectivity index (χ2v) is 3.02. The zero-order valence-corrected chi connectivity index (χ0v) is 7.75. The summed E-state index contributed by atoms with van der Waals surface area (Å²) in [5.41, 5.74) is 0. The smallest absolute Gasteiger partial charge is 0.288 e. The molecule has 0 fully saturated rings. The Labute approximate surface area is 80.5 Å². The van der Waals surface area contributed by atoms with Crippen LogP contribution in [0.3, 0.4) is 0 Å². The van der Waals surface area contributed by atoms with Crippen LogP contribution in [0.15, 0.2) is 18.5 Å². The van der Waals surface area contributed by atoms with Gasteiger partial charge in [0.05, 0.1) is 0 Å². The second-order valence-electron chi connectivity index (χ2n) is 2.02. The van der Waals surface area contributed by atoms with E-state index in [-0.39, 0.29) is 5.95 Å². The molecule has 1 heterocycles. The van der Waals surface area contributed by atoms with Crippen LogP contribution in [-0.4, -0.2) is 20.7 Å². The van der Waals surface area contributed by atoms with Crippen LogP contribution in [0.25, 0.3) is 0 Å². The molecule has 7 heteroatoms. The van der Waals surface area contributed by atoms with E-state index in [0.717, 1.165) is 0 Å². The van der Waals surface area contributed by atoms with Crippen LogP contribution in [0.4, 0.5) is 14.7 Å². The molecule has 0 aliphatic rings. The fraction of sp³-hybridized carbons (Fsp3) is 0.167. The summed E-state index contributed by atoms with van der Waals surface area (Å²) in [6.45, 7) is 0. The Morgan fingerprint density at radius 2 is 2.00 bits per heavy atom. The highest BCUT2D eigenvalue weighted by Crippen LogP contribution is 2.22. The molecule has 0 aromatic carbocycles. The van der Waals surface area contributed by atoms with Gasteiger partial charge in [-0.05, 0) is 6.07 Å². The predicted molar refractivity (Wildman–Crippen MR) is 44.5 cm³/mol. The van der Waals surface area contributed by atoms with E-state index in [1.54, 1.807) is 0 Å². The van der Waals surface area contributed by atoms with Crippen LogP contribution in [-0.2, 0) is 4.79 Å². The molecule has 4 nitrogen and oxygen atoms in total. The third kappa shape index (κ3) is 3.02. The molecule has 0 atom stereocenters. The predicted octanol–water partition coefficient (Wildman–Crippen LogP) is 1.40. The van der Waals surface area contributed by atoms with Crippen molar-refractivity contribution in [2.24, 2.45) is 0 Å². The molecule has 1 rings (SSSR count). The Kier molecular flexibility index (Phi) is 2.86. The largest absolute Gasteiger partial charge is 0.378 e. The highest BCUT2D eigenvalue weighted by atomic mass is 79.9. The maximum Gasteiger partial charge on any atom is 0.378 e. The summed E-state index contributed by atoms with van der Waals surface area (Å²) in [6, 6.07) is 1.50. The molecule has 1 N–H and O–H groups in total. The fourth-order valence-electron chi connectivity index (χ4n) is 0.536. The van der Waals surface area contributed by atoms with Gasteiger partial charge in [-0.25, -0.2) is 9.97 Å². The molecule has 0 aliphatic heterocycles. The standard InChI is InChI=1S/C6H4BrF2N3O/c7-6(8,9)4(13)12-5-10-2-1-3-11-5/h1-3H,(H,10,11,12,13). The van der Waals surface area contributed by atoms with Gasteiger partial charge in [-0.15, -0.1) is 0 Å². The first-order valence-electron chi connectivity index (χ1n) is 3.15. The van der Waals surface area contributed by atoms with Crippen LogP contribution in [0.1, 0.15) is 0 Å². The summed E-state index contributed by atoms with van der Waals surface area (Å²) in [6.07, 6.45) is 2.66. The molecule has 13 heavy (non-hydrogen) atoms. The van der Waals surface area contributed by atoms with E-state index in [4.69, 9.17) is 0 Å². The Morgan fingerprint density at radius 3 is 2.46 bits per heavy atom. The lowest BCUT2D eigenvalue weighted by molar-refractivity contribution is -0.128. The van der Waals surface area contributed by atoms with E-state index >= 15 is 0 Å². The molecule has 0 saturated carbocycles. The number of alkyl halides is 3. The van der Waals surface area contributed by atoms with Gasteiger partial charge in [0.25, 0.3) is 0 Å². The van der Waals surface area contributed by atoms with E-state index in [9.17, 15) is 13.6 Å². The summed E-state index contributed by atoms with van der Waals surface area (Å²) in [5.74, 6) is -1.66. The van der Waals surface area contributed by atoms with Gasteiger partial charge in [-0.2, -0.15) is 8.78 Å². The summed E-state index contributed by atoms with van der Waals surface area (Å²) >= 11 is 1.90. The van der Waals surface area contributed by atoms with Crippen molar-refractivity contribution in [1.82, 2.24) is 9.97 Å². The highest BCUT2D eigenvalue weighted by Gasteiger charge is 2.35. The topological polar surface area (TPSA) is 54.9 Å². The second kappa shape index (κ2) is 3.73. The number of carbonyl (C=O) groups is 1. The SMILES string of the molecule is O=C(Nc1ncccn1)C(F)(F)Br. The molecule has 0 radical (unpaired) electrons. The van der Waals surface area contributed by atoms with E-state index in [0.29, 0.717) is 0 Å². The maximum atomic E-state index is 12.3. The summed E-state index contributed by atoms with van der Waals surface area (Å²) in [4.78, 5) is 14.1. The van der Waals surface area contributed by atoms with Crippen molar-refractivity contribution in [2.45, 2.75) is 4.83 Å². The third-order valence-corrected chi connectivity index (χ3v) is 1.41. The molecule has 0 unspecified atom stereocenters. The number of rotatable bonds is 2. The van der Waals surface area contributed by atoms with Crippen LogP contribution < -0.4 is 5.32 Å². The summed E-state index contributed by atoms with van der Waals surface area (Å²) in [5, 5.41) is 1.82. The van der Waals surface area contributed by atoms with Crippen LogP contribution >= 0.6 is 15.9 Å². The van der Waals surface area contributed by atoms with Gasteiger partial charge in [0.1, 0.15) is 0 Å². The number of nitrogens with zero attached hydrogens (tertiary/aromatic N) is 2. The Hall–Kier alpha value is -1.11. The molecule has 0 bridgehead atoms. The van der Waals surface area contributed by atoms with Crippen molar-refractivity contribution < 1.29 is 13.6 Å². The van der Waals surface area contributed by atoms with Crippen molar-refractivity contribution in [3.63, 3.8) is 0 Å². The molecular formula is C6H4BrF2N3O. The Balaban J connectivity index is 2.66. The van der Waals surface area contributed by atoms with E-state index < -0.39 is 10.7 Å². The molecule has 0 aliphatic carbocycles. The van der Waals surface area contributed by atoms with Crippen molar-refractivity contribution in [3.8, 4) is 0 Å². The lowest BCUT2D eigenvalue weighted by atomic mass is 10.6. The Morgan fingerprint density at radius 1 is 1.46 bits per heavy atom. The van der Waals surface area contributed by atoms with Gasteiger partial charge in [0, 0.05) is 28.3 Å². The van der Waals surface area contributed by atoms with E-state index in [1.165, 1.54) is 18.5 Å². The van der Waals surface area contributed by atoms with Crippen LogP contribution in [0, 0.1) is 0 Å². The maximum absolute atomic E-state index is 12.3. The number of amides is 1. The van der Waals surface area contributed by atoms with Crippen LogP contribution in [0.2, 0.25) is 0 Å². The van der Waals surface area contributed by atoms with Crippen molar-refractivity contribution >= 4 is 27.8 Å². The van der Waals surface area contributed by atoms with Gasteiger partial charge >= 0.3 is 10.7 Å². The first kappa shape index (κ1) is 9.97. The average Bonchev–Trinajstić information content (AvgIpc) is 2.04. The normalized spacial score (nSPS) is 11.0. The molecule has 1 aromatic heterocycles. The minimum Gasteiger partial charge on any atom is -0.288 e. The number of hydrogen-bond donors (Lipinski definition) is 1. The Bertz CT molecular complexity index is 300. The zero-order chi connectivity index (χ0) is 9.90. The fourth-order valence-corrected chi connectivity index (χ4v) is 0.635. The molecule has 70 valence electrons. The first-order valence-corrected chi connectivity index (χ1v) is 3.94. The molecular weight excluding hydrogens is 248 g/mol. The third-order valence-electron chi connectivity index (χ3n) is 1.05. The van der Waals surface area contributed by atoms with Gasteiger partial charge in [-0.1, -0.05) is 0 Å². The molecule has 0 saturated heterocycles. The quantitative estimate of drug-likeness (QED) is 0.809.